The third kappa shape index (κ3) is 4.09. The van der Waals surface area contributed by atoms with Gasteiger partial charge in [0.15, 0.2) is 0 Å². The number of halogens is 2. The zero-order chi connectivity index (χ0) is 10.7. The number of hydrogen-bond acceptors (Lipinski definition) is 0. The second-order valence-electron chi connectivity index (χ2n) is 4.00. The van der Waals surface area contributed by atoms with Gasteiger partial charge in [0.25, 0.3) is 0 Å². The van der Waals surface area contributed by atoms with Crippen LogP contribution in [0.5, 0.6) is 0 Å². The van der Waals surface area contributed by atoms with E-state index in [1.807, 2.05) is 6.08 Å². The van der Waals surface area contributed by atoms with E-state index in [4.69, 9.17) is 0 Å². The molecule has 3 heteroatoms. The van der Waals surface area contributed by atoms with Gasteiger partial charge in [0.1, 0.15) is 0 Å². The second kappa shape index (κ2) is 8.30. The smallest absolute Gasteiger partial charge is 1.00 e. The first-order valence-electron chi connectivity index (χ1n) is 5.46. The maximum atomic E-state index is 3.78. The largest absolute Gasteiger partial charge is 1.00 e. The van der Waals surface area contributed by atoms with Crippen molar-refractivity contribution in [1.29, 1.82) is 0 Å². The van der Waals surface area contributed by atoms with Crippen LogP contribution in [-0.2, 0) is 24.7 Å². The van der Waals surface area contributed by atoms with Gasteiger partial charge < -0.3 is 24.8 Å². The molecule has 1 atom stereocenters. The van der Waals surface area contributed by atoms with E-state index >= 15 is 0 Å². The number of rotatable bonds is 4. The molecule has 1 aliphatic rings. The second-order valence-corrected chi connectivity index (χ2v) is 5.42. The molecule has 2 rings (SSSR count). The van der Waals surface area contributed by atoms with E-state index < -0.39 is 0 Å². The van der Waals surface area contributed by atoms with Crippen LogP contribution in [-0.4, -0.2) is 0 Å². The molecule has 0 fully saturated rings. The molecular weight excluding hydrogens is 330 g/mol. The molecular formula is C14H15Cl2Zr. The topological polar surface area (TPSA) is 0 Å². The Balaban J connectivity index is 0.00000128. The molecule has 0 radical (unpaired) electrons. The third-order valence-electron chi connectivity index (χ3n) is 2.96. The minimum Gasteiger partial charge on any atom is -1.00 e. The molecule has 0 aromatic heterocycles. The fourth-order valence-electron chi connectivity index (χ4n) is 2.17. The quantitative estimate of drug-likeness (QED) is 0.439. The van der Waals surface area contributed by atoms with Crippen molar-refractivity contribution in [1.82, 2.24) is 0 Å². The summed E-state index contributed by atoms with van der Waals surface area (Å²) >= 11 is 1.56. The third-order valence-corrected chi connectivity index (χ3v) is 4.17. The van der Waals surface area contributed by atoms with Gasteiger partial charge in [-0.2, -0.15) is 0 Å². The van der Waals surface area contributed by atoms with Crippen LogP contribution in [0.1, 0.15) is 36.3 Å². The molecule has 0 saturated heterocycles. The predicted molar refractivity (Wildman–Crippen MR) is 61.2 cm³/mol. The summed E-state index contributed by atoms with van der Waals surface area (Å²) in [5.41, 5.74) is 2.97. The van der Waals surface area contributed by atoms with Gasteiger partial charge in [-0.05, 0) is 0 Å². The molecule has 0 bridgehead atoms. The van der Waals surface area contributed by atoms with Crippen LogP contribution in [0.2, 0.25) is 0 Å². The Morgan fingerprint density at radius 3 is 2.65 bits per heavy atom. The maximum Gasteiger partial charge on any atom is -1.00 e. The molecule has 0 spiro atoms. The average Bonchev–Trinajstić information content (AvgIpc) is 2.56. The Labute approximate surface area is 131 Å². The van der Waals surface area contributed by atoms with Gasteiger partial charge in [0.2, 0.25) is 0 Å². The van der Waals surface area contributed by atoms with Gasteiger partial charge in [0.05, 0.1) is 0 Å². The molecule has 0 heterocycles. The number of allylic oxidation sites excluding steroid dienone is 2. The van der Waals surface area contributed by atoms with Crippen molar-refractivity contribution in [3.8, 4) is 0 Å². The number of fused-ring (bicyclic) bond motifs is 1. The van der Waals surface area contributed by atoms with Gasteiger partial charge in [0, 0.05) is 0 Å². The summed E-state index contributed by atoms with van der Waals surface area (Å²) in [6.45, 7) is 3.78. The summed E-state index contributed by atoms with van der Waals surface area (Å²) in [4.78, 5) is 0. The van der Waals surface area contributed by atoms with Crippen LogP contribution in [0.4, 0.5) is 0 Å². The van der Waals surface area contributed by atoms with Gasteiger partial charge in [-0.3, -0.25) is 0 Å². The predicted octanol–water partition coefficient (Wildman–Crippen LogP) is -1.96. The Morgan fingerprint density at radius 1 is 1.24 bits per heavy atom. The summed E-state index contributed by atoms with van der Waals surface area (Å²) in [7, 11) is 0. The van der Waals surface area contributed by atoms with Gasteiger partial charge >= 0.3 is 107 Å². The van der Waals surface area contributed by atoms with E-state index in [1.54, 1.807) is 28.0 Å². The van der Waals surface area contributed by atoms with Crippen LogP contribution < -0.4 is 24.8 Å². The van der Waals surface area contributed by atoms with Crippen LogP contribution in [0.25, 0.3) is 6.08 Å². The molecule has 17 heavy (non-hydrogen) atoms. The Bertz CT molecular complexity index is 399. The Hall–Kier alpha value is 0.163. The van der Waals surface area contributed by atoms with Crippen molar-refractivity contribution < 1.29 is 49.5 Å². The van der Waals surface area contributed by atoms with Gasteiger partial charge in [-0.15, -0.1) is 0 Å². The van der Waals surface area contributed by atoms with E-state index in [0.717, 1.165) is 6.42 Å². The summed E-state index contributed by atoms with van der Waals surface area (Å²) in [5, 5.41) is 0. The number of unbranched alkanes of at least 4 members (excludes halogenated alkanes) is 1. The summed E-state index contributed by atoms with van der Waals surface area (Å²) < 4.78 is 1.60. The van der Waals surface area contributed by atoms with Crippen LogP contribution in [0.3, 0.4) is 0 Å². The molecule has 1 aromatic rings. The minimum atomic E-state index is 0. The van der Waals surface area contributed by atoms with E-state index in [1.165, 1.54) is 24.0 Å². The van der Waals surface area contributed by atoms with Crippen LogP contribution >= 0.6 is 0 Å². The molecule has 1 aromatic carbocycles. The van der Waals surface area contributed by atoms with Crippen molar-refractivity contribution in [2.24, 2.45) is 0 Å². The average molecular weight is 345 g/mol. The SMILES string of the molecule is C=CCCCC1[C]([Zr+2])=Cc2ccccc21.[Cl-].[Cl-]. The molecule has 0 aliphatic heterocycles. The monoisotopic (exact) mass is 343 g/mol. The van der Waals surface area contributed by atoms with E-state index in [2.05, 4.69) is 36.9 Å². The molecule has 0 amide bonds. The zero-order valence-electron chi connectivity index (χ0n) is 9.63. The van der Waals surface area contributed by atoms with Crippen LogP contribution in [0, 0.1) is 0 Å². The number of benzene rings is 1. The van der Waals surface area contributed by atoms with Crippen molar-refractivity contribution >= 4 is 6.08 Å². The number of hydrogen-bond donors (Lipinski definition) is 0. The Morgan fingerprint density at radius 2 is 1.94 bits per heavy atom. The van der Waals surface area contributed by atoms with Crippen LogP contribution in [0.15, 0.2) is 40.2 Å². The molecule has 1 aliphatic carbocycles. The van der Waals surface area contributed by atoms with E-state index in [9.17, 15) is 0 Å². The summed E-state index contributed by atoms with van der Waals surface area (Å²) in [6.07, 6.45) is 8.07. The minimum absolute atomic E-state index is 0. The first kappa shape index (κ1) is 17.2. The first-order valence-corrected chi connectivity index (χ1v) is 6.69. The van der Waals surface area contributed by atoms with Gasteiger partial charge in [-0.1, -0.05) is 0 Å². The molecule has 0 nitrogen and oxygen atoms in total. The summed E-state index contributed by atoms with van der Waals surface area (Å²) in [6, 6.07) is 8.79. The van der Waals surface area contributed by atoms with Crippen molar-refractivity contribution in [3.05, 3.63) is 51.3 Å². The van der Waals surface area contributed by atoms with Gasteiger partial charge in [-0.25, -0.2) is 0 Å². The maximum absolute atomic E-state index is 3.78. The molecule has 0 N–H and O–H groups in total. The fourth-order valence-corrected chi connectivity index (χ4v) is 3.29. The normalized spacial score (nSPS) is 16.4. The van der Waals surface area contributed by atoms with E-state index in [-0.39, 0.29) is 24.8 Å². The van der Waals surface area contributed by atoms with Crippen molar-refractivity contribution in [2.45, 2.75) is 25.2 Å². The zero-order valence-corrected chi connectivity index (χ0v) is 13.6. The summed E-state index contributed by atoms with van der Waals surface area (Å²) in [5.74, 6) is 0.694. The van der Waals surface area contributed by atoms with Crippen molar-refractivity contribution in [2.75, 3.05) is 0 Å². The molecule has 89 valence electrons. The molecule has 0 saturated carbocycles. The Kier molecular flexibility index (Phi) is 8.38. The van der Waals surface area contributed by atoms with E-state index in [0.29, 0.717) is 5.92 Å². The fraction of sp³-hybridized carbons (Fsp3) is 0.286. The standard InChI is InChI=1S/C14H15.2ClH.Zr/c1-2-3-4-7-12-10-11-13-8-5-6-9-14(12)13;;;/h2,5-6,8-9,11-12H,1,3-4,7H2;2*1H;/q;;;+2/p-2. The molecule has 1 unspecified atom stereocenters. The first-order chi connectivity index (χ1) is 7.33. The van der Waals surface area contributed by atoms with Crippen molar-refractivity contribution in [3.63, 3.8) is 0 Å².